The second kappa shape index (κ2) is 5.55. The van der Waals surface area contributed by atoms with Gasteiger partial charge in [0.15, 0.2) is 0 Å². The van der Waals surface area contributed by atoms with Crippen LogP contribution in [0.4, 0.5) is 5.69 Å². The largest absolute Gasteiger partial charge is 0.390 e. The molecule has 0 saturated carbocycles. The maximum absolute atomic E-state index is 11.0. The van der Waals surface area contributed by atoms with Crippen LogP contribution >= 0.6 is 12.6 Å². The number of nitrogens with zero attached hydrogens (tertiary/aromatic N) is 2. The third-order valence-electron chi connectivity index (χ3n) is 2.89. The first-order valence-corrected chi connectivity index (χ1v) is 6.26. The average molecular weight is 283 g/mol. The van der Waals surface area contributed by atoms with Crippen LogP contribution in [0.25, 0.3) is 10.9 Å². The molecule has 0 bridgehead atoms. The molecule has 0 aliphatic carbocycles. The third kappa shape index (κ3) is 2.70. The Kier molecular flexibility index (Phi) is 4.03. The number of aliphatic hydroxyl groups is 2. The topological polar surface area (TPSA) is 112 Å². The van der Waals surface area contributed by atoms with Crippen LogP contribution in [0.1, 0.15) is 18.1 Å². The van der Waals surface area contributed by atoms with Crippen molar-refractivity contribution in [2.45, 2.75) is 18.6 Å². The molecule has 2 rings (SSSR count). The maximum Gasteiger partial charge on any atom is 0.280 e. The number of aromatic amines is 1. The van der Waals surface area contributed by atoms with Gasteiger partial charge in [-0.05, 0) is 23.8 Å². The summed E-state index contributed by atoms with van der Waals surface area (Å²) in [5, 5.41) is 37.4. The summed E-state index contributed by atoms with van der Waals surface area (Å²) in [6.45, 7) is 0. The van der Waals surface area contributed by atoms with Crippen LogP contribution in [0.2, 0.25) is 0 Å². The predicted molar refractivity (Wildman–Crippen MR) is 72.2 cm³/mol. The van der Waals surface area contributed by atoms with Crippen LogP contribution in [0, 0.1) is 10.1 Å². The fourth-order valence-electron chi connectivity index (χ4n) is 1.89. The van der Waals surface area contributed by atoms with E-state index < -0.39 is 17.1 Å². The highest BCUT2D eigenvalue weighted by molar-refractivity contribution is 7.80. The number of aliphatic hydroxyl groups excluding tert-OH is 2. The van der Waals surface area contributed by atoms with Crippen LogP contribution < -0.4 is 0 Å². The molecular formula is C11H13N3O4S. The second-order valence-corrected chi connectivity index (χ2v) is 4.60. The van der Waals surface area contributed by atoms with Gasteiger partial charge in [0, 0.05) is 6.07 Å². The molecule has 0 aliphatic heterocycles. The lowest BCUT2D eigenvalue weighted by atomic mass is 10.0. The van der Waals surface area contributed by atoms with E-state index in [2.05, 4.69) is 22.8 Å². The first-order valence-electron chi connectivity index (χ1n) is 5.63. The van der Waals surface area contributed by atoms with Gasteiger partial charge in [0.2, 0.25) is 0 Å². The van der Waals surface area contributed by atoms with Gasteiger partial charge in [-0.15, -0.1) is 0 Å². The summed E-state index contributed by atoms with van der Waals surface area (Å²) in [7, 11) is 0. The minimum Gasteiger partial charge on any atom is -0.390 e. The smallest absolute Gasteiger partial charge is 0.280 e. The Bertz CT molecular complexity index is 601. The van der Waals surface area contributed by atoms with Gasteiger partial charge in [0.1, 0.15) is 6.10 Å². The van der Waals surface area contributed by atoms with Crippen LogP contribution in [0.3, 0.4) is 0 Å². The molecule has 0 radical (unpaired) electrons. The van der Waals surface area contributed by atoms with E-state index in [1.807, 2.05) is 0 Å². The van der Waals surface area contributed by atoms with E-state index in [4.69, 9.17) is 0 Å². The van der Waals surface area contributed by atoms with Crippen molar-refractivity contribution in [2.75, 3.05) is 5.75 Å². The number of non-ortho nitro benzene ring substituents is 1. The highest BCUT2D eigenvalue weighted by atomic mass is 32.1. The number of thiol groups is 1. The summed E-state index contributed by atoms with van der Waals surface area (Å²) >= 11 is 3.97. The summed E-state index contributed by atoms with van der Waals surface area (Å²) in [4.78, 5) is 10.4. The zero-order valence-corrected chi connectivity index (χ0v) is 10.7. The normalized spacial score (nSPS) is 14.5. The second-order valence-electron chi connectivity index (χ2n) is 4.15. The number of aromatic nitrogens is 2. The fourth-order valence-corrected chi connectivity index (χ4v) is 2.15. The quantitative estimate of drug-likeness (QED) is 0.374. The third-order valence-corrected chi connectivity index (χ3v) is 3.14. The molecule has 2 unspecified atom stereocenters. The number of rotatable bonds is 5. The van der Waals surface area contributed by atoms with E-state index in [9.17, 15) is 20.3 Å². The van der Waals surface area contributed by atoms with Crippen LogP contribution in [0.5, 0.6) is 0 Å². The van der Waals surface area contributed by atoms with Crippen LogP contribution in [-0.4, -0.2) is 37.2 Å². The van der Waals surface area contributed by atoms with Crippen LogP contribution in [0.15, 0.2) is 18.3 Å². The first-order chi connectivity index (χ1) is 9.04. The number of H-pyrrole nitrogens is 1. The molecule has 0 amide bonds. The van der Waals surface area contributed by atoms with Crippen molar-refractivity contribution in [3.8, 4) is 0 Å². The average Bonchev–Trinajstić information content (AvgIpc) is 2.84. The molecule has 0 aliphatic rings. The molecule has 19 heavy (non-hydrogen) atoms. The zero-order chi connectivity index (χ0) is 14.0. The molecule has 7 nitrogen and oxygen atoms in total. The lowest BCUT2D eigenvalue weighted by Crippen LogP contribution is -2.18. The summed E-state index contributed by atoms with van der Waals surface area (Å²) in [6.07, 6.45) is -0.566. The highest BCUT2D eigenvalue weighted by Crippen LogP contribution is 2.30. The minimum atomic E-state index is -1.20. The molecule has 2 aromatic rings. The molecule has 2 atom stereocenters. The van der Waals surface area contributed by atoms with Crippen molar-refractivity contribution in [3.63, 3.8) is 0 Å². The Morgan fingerprint density at radius 2 is 2.21 bits per heavy atom. The molecule has 8 heteroatoms. The van der Waals surface area contributed by atoms with E-state index in [1.54, 1.807) is 6.07 Å². The molecular weight excluding hydrogens is 270 g/mol. The monoisotopic (exact) mass is 283 g/mol. The summed E-state index contributed by atoms with van der Waals surface area (Å²) in [5.74, 6) is 0.409. The van der Waals surface area contributed by atoms with Gasteiger partial charge in [-0.1, -0.05) is 0 Å². The standard InChI is InChI=1S/C11H13N3O4S/c15-10(1-2-19)11(16)6-3-8-7(5-12-13-8)9(4-6)14(17)18/h3-5,10-11,15-16,19H,1-2H2,(H,12,13). The Morgan fingerprint density at radius 3 is 2.84 bits per heavy atom. The Morgan fingerprint density at radius 1 is 1.47 bits per heavy atom. The van der Waals surface area contributed by atoms with Crippen molar-refractivity contribution >= 4 is 29.2 Å². The first kappa shape index (κ1) is 13.8. The maximum atomic E-state index is 11.0. The zero-order valence-electron chi connectivity index (χ0n) is 9.85. The van der Waals surface area contributed by atoms with Gasteiger partial charge in [0.05, 0.1) is 28.1 Å². The summed E-state index contributed by atoms with van der Waals surface area (Å²) < 4.78 is 0. The molecule has 1 aromatic carbocycles. The SMILES string of the molecule is O=[N+]([O-])c1cc(C(O)C(O)CCS)cc2[nH]ncc12. The van der Waals surface area contributed by atoms with E-state index >= 15 is 0 Å². The van der Waals surface area contributed by atoms with Crippen molar-refractivity contribution in [1.29, 1.82) is 0 Å². The molecule has 0 fully saturated rings. The van der Waals surface area contributed by atoms with Crippen molar-refractivity contribution < 1.29 is 15.1 Å². The van der Waals surface area contributed by atoms with E-state index in [1.165, 1.54) is 12.3 Å². The van der Waals surface area contributed by atoms with Crippen LogP contribution in [-0.2, 0) is 0 Å². The van der Waals surface area contributed by atoms with E-state index in [0.29, 0.717) is 23.1 Å². The van der Waals surface area contributed by atoms with Gasteiger partial charge in [-0.25, -0.2) is 0 Å². The summed E-state index contributed by atoms with van der Waals surface area (Å²) in [6, 6.07) is 2.80. The number of nitro benzene ring substituents is 1. The molecule has 1 aromatic heterocycles. The Labute approximate surface area is 113 Å². The molecule has 1 heterocycles. The number of hydrogen-bond acceptors (Lipinski definition) is 6. The van der Waals surface area contributed by atoms with Gasteiger partial charge >= 0.3 is 0 Å². The number of nitro groups is 1. The predicted octanol–water partition coefficient (Wildman–Crippen LogP) is 1.19. The Balaban J connectivity index is 2.46. The van der Waals surface area contributed by atoms with Gasteiger partial charge < -0.3 is 10.2 Å². The summed E-state index contributed by atoms with van der Waals surface area (Å²) in [5.41, 5.74) is 0.567. The number of hydrogen-bond donors (Lipinski definition) is 4. The molecule has 0 saturated heterocycles. The molecule has 0 spiro atoms. The fraction of sp³-hybridized carbons (Fsp3) is 0.364. The minimum absolute atomic E-state index is 0.154. The van der Waals surface area contributed by atoms with Crippen molar-refractivity contribution in [3.05, 3.63) is 34.0 Å². The van der Waals surface area contributed by atoms with Gasteiger partial charge in [0.25, 0.3) is 5.69 Å². The van der Waals surface area contributed by atoms with Gasteiger partial charge in [-0.2, -0.15) is 17.7 Å². The lowest BCUT2D eigenvalue weighted by Gasteiger charge is -2.17. The number of fused-ring (bicyclic) bond motifs is 1. The highest BCUT2D eigenvalue weighted by Gasteiger charge is 2.23. The number of nitrogens with one attached hydrogen (secondary N) is 1. The van der Waals surface area contributed by atoms with E-state index in [0.717, 1.165) is 0 Å². The van der Waals surface area contributed by atoms with Crippen molar-refractivity contribution in [1.82, 2.24) is 10.2 Å². The van der Waals surface area contributed by atoms with Gasteiger partial charge in [-0.3, -0.25) is 15.2 Å². The Hall–Kier alpha value is -1.64. The molecule has 102 valence electrons. The van der Waals surface area contributed by atoms with E-state index in [-0.39, 0.29) is 11.3 Å². The van der Waals surface area contributed by atoms with Crippen molar-refractivity contribution in [2.24, 2.45) is 0 Å². The lowest BCUT2D eigenvalue weighted by molar-refractivity contribution is -0.383. The number of benzene rings is 1. The molecule has 3 N–H and O–H groups in total.